The first kappa shape index (κ1) is 16.2. The number of ether oxygens (including phenoxy) is 1. The van der Waals surface area contributed by atoms with Crippen molar-refractivity contribution in [1.29, 1.82) is 0 Å². The van der Waals surface area contributed by atoms with Crippen LogP contribution >= 0.6 is 0 Å². The van der Waals surface area contributed by atoms with Gasteiger partial charge in [-0.15, -0.1) is 0 Å². The summed E-state index contributed by atoms with van der Waals surface area (Å²) in [6, 6.07) is 6.23. The molecule has 4 rings (SSSR count). The van der Waals surface area contributed by atoms with Gasteiger partial charge in [-0.3, -0.25) is 0 Å². The highest BCUT2D eigenvalue weighted by Gasteiger charge is 2.53. The number of nitrogens with one attached hydrogen (secondary N) is 1. The molecule has 3 aliphatic heterocycles. The second kappa shape index (κ2) is 5.64. The van der Waals surface area contributed by atoms with Gasteiger partial charge in [0.25, 0.3) is 0 Å². The number of benzene rings is 1. The Labute approximate surface area is 140 Å². The molecule has 1 aromatic rings. The normalized spacial score (nSPS) is 29.0. The van der Waals surface area contributed by atoms with E-state index >= 15 is 0 Å². The zero-order chi connectivity index (χ0) is 16.9. The minimum atomic E-state index is -3.57. The Balaban J connectivity index is 1.45. The van der Waals surface area contributed by atoms with Crippen LogP contribution in [0.15, 0.2) is 29.2 Å². The molecule has 8 heteroatoms. The van der Waals surface area contributed by atoms with E-state index in [1.165, 1.54) is 41.4 Å². The predicted octanol–water partition coefficient (Wildman–Crippen LogP) is 2.19. The molecule has 5 nitrogen and oxygen atoms in total. The van der Waals surface area contributed by atoms with Crippen LogP contribution < -0.4 is 10.1 Å². The van der Waals surface area contributed by atoms with E-state index in [1.54, 1.807) is 0 Å². The number of piperidine rings is 1. The molecule has 2 atom stereocenters. The van der Waals surface area contributed by atoms with Gasteiger partial charge in [-0.2, -0.15) is 13.1 Å². The van der Waals surface area contributed by atoms with Crippen LogP contribution in [0.5, 0.6) is 5.75 Å². The lowest BCUT2D eigenvalue weighted by molar-refractivity contribution is -0.0498. The molecule has 2 unspecified atom stereocenters. The first-order valence-corrected chi connectivity index (χ1v) is 9.61. The average Bonchev–Trinajstić information content (AvgIpc) is 2.83. The second-order valence-electron chi connectivity index (χ2n) is 7.17. The van der Waals surface area contributed by atoms with Gasteiger partial charge in [0.05, 0.1) is 4.90 Å². The van der Waals surface area contributed by atoms with Crippen molar-refractivity contribution in [3.05, 3.63) is 24.3 Å². The quantitative estimate of drug-likeness (QED) is 0.896. The van der Waals surface area contributed by atoms with Gasteiger partial charge in [-0.1, -0.05) is 0 Å². The molecule has 1 aromatic carbocycles. The summed E-state index contributed by atoms with van der Waals surface area (Å²) in [6.45, 7) is -1.81. The average molecular weight is 358 g/mol. The molecule has 0 aliphatic carbocycles. The summed E-state index contributed by atoms with van der Waals surface area (Å²) in [5, 5.41) is 3.58. The summed E-state index contributed by atoms with van der Waals surface area (Å²) in [7, 11) is -3.57. The third-order valence-electron chi connectivity index (χ3n) is 5.40. The van der Waals surface area contributed by atoms with Crippen LogP contribution in [0.4, 0.5) is 8.78 Å². The largest absolute Gasteiger partial charge is 0.435 e. The van der Waals surface area contributed by atoms with Crippen LogP contribution in [0.1, 0.15) is 25.7 Å². The number of hydrogen-bond donors (Lipinski definition) is 1. The monoisotopic (exact) mass is 358 g/mol. The molecule has 0 amide bonds. The molecule has 132 valence electrons. The summed E-state index contributed by atoms with van der Waals surface area (Å²) >= 11 is 0. The summed E-state index contributed by atoms with van der Waals surface area (Å²) in [5.41, 5.74) is 0.114. The minimum absolute atomic E-state index is 0.0426. The highest BCUT2D eigenvalue weighted by molar-refractivity contribution is 7.89. The number of nitrogens with zero attached hydrogens (tertiary/aromatic N) is 1. The molecule has 0 saturated carbocycles. The zero-order valence-electron chi connectivity index (χ0n) is 13.1. The number of fused-ring (bicyclic) bond motifs is 2. The zero-order valence-corrected chi connectivity index (χ0v) is 13.9. The topological polar surface area (TPSA) is 58.6 Å². The minimum Gasteiger partial charge on any atom is -0.435 e. The van der Waals surface area contributed by atoms with Crippen LogP contribution in [0.3, 0.4) is 0 Å². The number of rotatable bonds is 4. The van der Waals surface area contributed by atoms with Gasteiger partial charge in [-0.05, 0) is 49.9 Å². The molecule has 3 saturated heterocycles. The van der Waals surface area contributed by atoms with Gasteiger partial charge in [-0.25, -0.2) is 8.42 Å². The molecule has 24 heavy (non-hydrogen) atoms. The van der Waals surface area contributed by atoms with Crippen LogP contribution in [-0.2, 0) is 10.0 Å². The fourth-order valence-corrected chi connectivity index (χ4v) is 6.09. The summed E-state index contributed by atoms with van der Waals surface area (Å²) < 4.78 is 55.4. The Morgan fingerprint density at radius 2 is 1.71 bits per heavy atom. The summed E-state index contributed by atoms with van der Waals surface area (Å²) in [4.78, 5) is 0.121. The van der Waals surface area contributed by atoms with Gasteiger partial charge >= 0.3 is 6.61 Å². The maximum atomic E-state index is 12.7. The number of halogens is 2. The van der Waals surface area contributed by atoms with Gasteiger partial charge in [0.2, 0.25) is 10.0 Å². The highest BCUT2D eigenvalue weighted by atomic mass is 32.2. The van der Waals surface area contributed by atoms with E-state index in [9.17, 15) is 17.2 Å². The second-order valence-corrected chi connectivity index (χ2v) is 9.11. The van der Waals surface area contributed by atoms with Crippen molar-refractivity contribution >= 4 is 10.0 Å². The van der Waals surface area contributed by atoms with Gasteiger partial charge in [0, 0.05) is 30.6 Å². The molecule has 0 radical (unpaired) electrons. The lowest BCUT2D eigenvalue weighted by atomic mass is 9.71. The first-order chi connectivity index (χ1) is 11.4. The molecule has 2 bridgehead atoms. The molecular formula is C16H20F2N2O3S. The Kier molecular flexibility index (Phi) is 3.81. The van der Waals surface area contributed by atoms with E-state index in [0.29, 0.717) is 25.2 Å². The van der Waals surface area contributed by atoms with E-state index < -0.39 is 16.6 Å². The van der Waals surface area contributed by atoms with E-state index in [0.717, 1.165) is 12.8 Å². The van der Waals surface area contributed by atoms with Crippen LogP contribution in [-0.4, -0.2) is 44.5 Å². The number of alkyl halides is 2. The van der Waals surface area contributed by atoms with Crippen molar-refractivity contribution in [3.63, 3.8) is 0 Å². The molecule has 3 heterocycles. The predicted molar refractivity (Wildman–Crippen MR) is 83.4 cm³/mol. The van der Waals surface area contributed by atoms with Crippen molar-refractivity contribution in [2.75, 3.05) is 13.1 Å². The SMILES string of the molecule is O=S(=O)(c1ccc(OC(F)F)cc1)N1CC2(CC3CCC(C2)N3)C1. The van der Waals surface area contributed by atoms with E-state index in [1.807, 2.05) is 0 Å². The van der Waals surface area contributed by atoms with Crippen LogP contribution in [0.2, 0.25) is 0 Å². The van der Waals surface area contributed by atoms with Crippen molar-refractivity contribution in [1.82, 2.24) is 9.62 Å². The Morgan fingerprint density at radius 3 is 2.25 bits per heavy atom. The molecule has 1 spiro atoms. The fourth-order valence-electron chi connectivity index (χ4n) is 4.43. The molecule has 3 aliphatic rings. The third-order valence-corrected chi connectivity index (χ3v) is 7.21. The summed E-state index contributed by atoms with van der Waals surface area (Å²) in [5.74, 6) is -0.0426. The molecular weight excluding hydrogens is 338 g/mol. The third kappa shape index (κ3) is 2.80. The van der Waals surface area contributed by atoms with Crippen LogP contribution in [0, 0.1) is 5.41 Å². The van der Waals surface area contributed by atoms with Crippen molar-refractivity contribution in [3.8, 4) is 5.75 Å². The van der Waals surface area contributed by atoms with Crippen molar-refractivity contribution in [2.45, 2.75) is 49.3 Å². The Hall–Kier alpha value is -1.25. The lowest BCUT2D eigenvalue weighted by Crippen LogP contribution is -2.63. The fraction of sp³-hybridized carbons (Fsp3) is 0.625. The Bertz CT molecular complexity index is 703. The van der Waals surface area contributed by atoms with Crippen LogP contribution in [0.25, 0.3) is 0 Å². The van der Waals surface area contributed by atoms with E-state index in [4.69, 9.17) is 0 Å². The Morgan fingerprint density at radius 1 is 1.12 bits per heavy atom. The van der Waals surface area contributed by atoms with Gasteiger partial charge < -0.3 is 10.1 Å². The highest BCUT2D eigenvalue weighted by Crippen LogP contribution is 2.47. The van der Waals surface area contributed by atoms with Crippen molar-refractivity contribution in [2.24, 2.45) is 5.41 Å². The lowest BCUT2D eigenvalue weighted by Gasteiger charge is -2.53. The van der Waals surface area contributed by atoms with E-state index in [-0.39, 0.29) is 16.1 Å². The maximum absolute atomic E-state index is 12.7. The number of hydrogen-bond acceptors (Lipinski definition) is 4. The van der Waals surface area contributed by atoms with Gasteiger partial charge in [0.15, 0.2) is 0 Å². The van der Waals surface area contributed by atoms with E-state index in [2.05, 4.69) is 10.1 Å². The van der Waals surface area contributed by atoms with Crippen molar-refractivity contribution < 1.29 is 21.9 Å². The molecule has 0 aromatic heterocycles. The summed E-state index contributed by atoms with van der Waals surface area (Å²) in [6.07, 6.45) is 4.45. The molecule has 1 N–H and O–H groups in total. The first-order valence-electron chi connectivity index (χ1n) is 8.17. The molecule has 3 fully saturated rings. The standard InChI is InChI=1S/C16H20F2N2O3S/c17-15(18)23-13-3-5-14(6-4-13)24(21,22)20-9-16(10-20)7-11-1-2-12(8-16)19-11/h3-6,11-12,15,19H,1-2,7-10H2. The maximum Gasteiger partial charge on any atom is 0.387 e. The number of sulfonamides is 1. The smallest absolute Gasteiger partial charge is 0.387 e. The van der Waals surface area contributed by atoms with Gasteiger partial charge in [0.1, 0.15) is 5.75 Å².